The van der Waals surface area contributed by atoms with Crippen LogP contribution in [0.4, 0.5) is 13.2 Å². The molecule has 0 radical (unpaired) electrons. The lowest BCUT2D eigenvalue weighted by atomic mass is 10.0. The summed E-state index contributed by atoms with van der Waals surface area (Å²) in [6, 6.07) is 0.622. The van der Waals surface area contributed by atoms with Crippen LogP contribution < -0.4 is 5.73 Å². The van der Waals surface area contributed by atoms with Crippen molar-refractivity contribution in [2.75, 3.05) is 13.6 Å². The maximum Gasteiger partial charge on any atom is 0.223 e. The lowest BCUT2D eigenvalue weighted by Gasteiger charge is -2.18. The van der Waals surface area contributed by atoms with E-state index >= 15 is 0 Å². The molecule has 1 amide bonds. The zero-order chi connectivity index (χ0) is 14.6. The molecule has 0 aliphatic rings. The molecule has 0 heterocycles. The Morgan fingerprint density at radius 2 is 1.84 bits per heavy atom. The Kier molecular flexibility index (Phi) is 5.35. The van der Waals surface area contributed by atoms with Crippen LogP contribution in [0.1, 0.15) is 18.9 Å². The van der Waals surface area contributed by atoms with Gasteiger partial charge in [-0.2, -0.15) is 0 Å². The molecule has 0 aliphatic carbocycles. The van der Waals surface area contributed by atoms with Crippen molar-refractivity contribution in [2.24, 2.45) is 5.73 Å². The number of carbonyl (C=O) groups excluding carboxylic acids is 1. The third kappa shape index (κ3) is 4.24. The topological polar surface area (TPSA) is 46.3 Å². The second kappa shape index (κ2) is 6.56. The van der Waals surface area contributed by atoms with Gasteiger partial charge in [0, 0.05) is 32.1 Å². The first-order valence-electron chi connectivity index (χ1n) is 5.98. The van der Waals surface area contributed by atoms with Crippen molar-refractivity contribution < 1.29 is 18.0 Å². The van der Waals surface area contributed by atoms with Crippen LogP contribution in [0, 0.1) is 17.5 Å². The summed E-state index contributed by atoms with van der Waals surface area (Å²) < 4.78 is 39.1. The molecule has 106 valence electrons. The molecule has 6 heteroatoms. The van der Waals surface area contributed by atoms with Crippen molar-refractivity contribution in [2.45, 2.75) is 25.8 Å². The molecule has 0 aromatic heterocycles. The van der Waals surface area contributed by atoms with Crippen molar-refractivity contribution in [3.8, 4) is 0 Å². The van der Waals surface area contributed by atoms with Gasteiger partial charge in [0.05, 0.1) is 0 Å². The van der Waals surface area contributed by atoms with Crippen molar-refractivity contribution in [1.29, 1.82) is 0 Å². The summed E-state index contributed by atoms with van der Waals surface area (Å²) in [5.74, 6) is -3.39. The molecule has 3 nitrogen and oxygen atoms in total. The number of hydrogen-bond donors (Lipinski definition) is 1. The van der Waals surface area contributed by atoms with E-state index in [1.165, 1.54) is 4.90 Å². The molecule has 19 heavy (non-hydrogen) atoms. The van der Waals surface area contributed by atoms with Gasteiger partial charge in [0.2, 0.25) is 5.91 Å². The summed E-state index contributed by atoms with van der Waals surface area (Å²) >= 11 is 0. The third-order valence-corrected chi connectivity index (χ3v) is 2.91. The lowest BCUT2D eigenvalue weighted by Crippen LogP contribution is -2.34. The fraction of sp³-hybridized carbons (Fsp3) is 0.462. The molecule has 0 aliphatic heterocycles. The van der Waals surface area contributed by atoms with Gasteiger partial charge in [-0.15, -0.1) is 0 Å². The SMILES string of the molecule is CCN(C)C(=O)CC(N)Cc1cc(F)c(F)cc1F. The Morgan fingerprint density at radius 3 is 2.42 bits per heavy atom. The van der Waals surface area contributed by atoms with E-state index in [1.54, 1.807) is 7.05 Å². The second-order valence-corrected chi connectivity index (χ2v) is 4.43. The Morgan fingerprint density at radius 1 is 1.26 bits per heavy atom. The van der Waals surface area contributed by atoms with Crippen molar-refractivity contribution in [3.63, 3.8) is 0 Å². The number of nitrogens with zero attached hydrogens (tertiary/aromatic N) is 1. The van der Waals surface area contributed by atoms with Gasteiger partial charge >= 0.3 is 0 Å². The Balaban J connectivity index is 2.69. The molecule has 1 atom stereocenters. The van der Waals surface area contributed by atoms with Crippen LogP contribution in [0.15, 0.2) is 12.1 Å². The van der Waals surface area contributed by atoms with E-state index in [-0.39, 0.29) is 24.3 Å². The number of amides is 1. The molecule has 0 saturated carbocycles. The number of rotatable bonds is 5. The van der Waals surface area contributed by atoms with E-state index in [0.29, 0.717) is 12.6 Å². The van der Waals surface area contributed by atoms with E-state index in [0.717, 1.165) is 6.07 Å². The zero-order valence-electron chi connectivity index (χ0n) is 10.9. The summed E-state index contributed by atoms with van der Waals surface area (Å²) in [5.41, 5.74) is 5.70. The maximum atomic E-state index is 13.4. The summed E-state index contributed by atoms with van der Waals surface area (Å²) in [7, 11) is 1.63. The highest BCUT2D eigenvalue weighted by Gasteiger charge is 2.16. The van der Waals surface area contributed by atoms with Gasteiger partial charge in [0.25, 0.3) is 0 Å². The number of benzene rings is 1. The van der Waals surface area contributed by atoms with Crippen LogP contribution in [0.25, 0.3) is 0 Å². The number of nitrogens with two attached hydrogens (primary N) is 1. The van der Waals surface area contributed by atoms with Crippen LogP contribution in [-0.2, 0) is 11.2 Å². The Labute approximate surface area is 110 Å². The van der Waals surface area contributed by atoms with E-state index in [4.69, 9.17) is 5.73 Å². The van der Waals surface area contributed by atoms with E-state index in [9.17, 15) is 18.0 Å². The standard InChI is InChI=1S/C13H17F3N2O/c1-3-18(2)13(19)6-9(17)4-8-5-11(15)12(16)7-10(8)14/h5,7,9H,3-4,6,17H2,1-2H3. The predicted octanol–water partition coefficient (Wildman–Crippen LogP) is 1.84. The van der Waals surface area contributed by atoms with Crippen LogP contribution in [0.3, 0.4) is 0 Å². The molecule has 1 unspecified atom stereocenters. The normalized spacial score (nSPS) is 12.3. The summed E-state index contributed by atoms with van der Waals surface area (Å²) in [6.45, 7) is 2.36. The first-order chi connectivity index (χ1) is 8.85. The highest BCUT2D eigenvalue weighted by molar-refractivity contribution is 5.76. The lowest BCUT2D eigenvalue weighted by molar-refractivity contribution is -0.130. The predicted molar refractivity (Wildman–Crippen MR) is 65.9 cm³/mol. The molecule has 2 N–H and O–H groups in total. The average Bonchev–Trinajstić information content (AvgIpc) is 2.34. The van der Waals surface area contributed by atoms with Gasteiger partial charge in [0.1, 0.15) is 5.82 Å². The largest absolute Gasteiger partial charge is 0.346 e. The molecule has 1 aromatic carbocycles. The van der Waals surface area contributed by atoms with Gasteiger partial charge in [-0.3, -0.25) is 4.79 Å². The van der Waals surface area contributed by atoms with Crippen LogP contribution >= 0.6 is 0 Å². The second-order valence-electron chi connectivity index (χ2n) is 4.43. The Bertz CT molecular complexity index is 465. The highest BCUT2D eigenvalue weighted by atomic mass is 19.2. The molecule has 0 fully saturated rings. The van der Waals surface area contributed by atoms with Gasteiger partial charge in [0.15, 0.2) is 11.6 Å². The van der Waals surface area contributed by atoms with Crippen molar-refractivity contribution >= 4 is 5.91 Å². The van der Waals surface area contributed by atoms with Gasteiger partial charge in [-0.25, -0.2) is 13.2 Å². The molecule has 1 aromatic rings. The van der Waals surface area contributed by atoms with Crippen LogP contribution in [0.2, 0.25) is 0 Å². The van der Waals surface area contributed by atoms with E-state index in [2.05, 4.69) is 0 Å². The number of hydrogen-bond acceptors (Lipinski definition) is 2. The van der Waals surface area contributed by atoms with Gasteiger partial charge in [-0.05, 0) is 25.0 Å². The average molecular weight is 274 g/mol. The van der Waals surface area contributed by atoms with Gasteiger partial charge < -0.3 is 10.6 Å². The minimum atomic E-state index is -1.24. The van der Waals surface area contributed by atoms with Crippen molar-refractivity contribution in [3.05, 3.63) is 35.1 Å². The summed E-state index contributed by atoms with van der Waals surface area (Å²) in [4.78, 5) is 13.1. The van der Waals surface area contributed by atoms with E-state index < -0.39 is 23.5 Å². The molecule has 1 rings (SSSR count). The summed E-state index contributed by atoms with van der Waals surface area (Å²) in [5, 5.41) is 0. The Hall–Kier alpha value is -1.56. The highest BCUT2D eigenvalue weighted by Crippen LogP contribution is 2.15. The van der Waals surface area contributed by atoms with Crippen molar-refractivity contribution in [1.82, 2.24) is 4.90 Å². The molecular formula is C13H17F3N2O. The first kappa shape index (κ1) is 15.5. The smallest absolute Gasteiger partial charge is 0.223 e. The first-order valence-corrected chi connectivity index (χ1v) is 5.98. The summed E-state index contributed by atoms with van der Waals surface area (Å²) in [6.07, 6.45) is 0.00903. The zero-order valence-corrected chi connectivity index (χ0v) is 10.9. The maximum absolute atomic E-state index is 13.4. The molecule has 0 bridgehead atoms. The fourth-order valence-electron chi connectivity index (χ4n) is 1.63. The minimum absolute atomic E-state index is 0.0215. The van der Waals surface area contributed by atoms with Crippen LogP contribution in [0.5, 0.6) is 0 Å². The quantitative estimate of drug-likeness (QED) is 0.833. The van der Waals surface area contributed by atoms with Crippen LogP contribution in [-0.4, -0.2) is 30.4 Å². The van der Waals surface area contributed by atoms with Gasteiger partial charge in [-0.1, -0.05) is 0 Å². The molecule has 0 saturated heterocycles. The third-order valence-electron chi connectivity index (χ3n) is 2.91. The molecule has 0 spiro atoms. The monoisotopic (exact) mass is 274 g/mol. The molecular weight excluding hydrogens is 257 g/mol. The van der Waals surface area contributed by atoms with E-state index in [1.807, 2.05) is 6.92 Å². The minimum Gasteiger partial charge on any atom is -0.346 e. The number of carbonyl (C=O) groups is 1. The fourth-order valence-corrected chi connectivity index (χ4v) is 1.63. The number of halogens is 3.